The zero-order chi connectivity index (χ0) is 13.7. The van der Waals surface area contributed by atoms with Crippen molar-refractivity contribution in [2.45, 2.75) is 25.9 Å². The Morgan fingerprint density at radius 1 is 1.11 bits per heavy atom. The van der Waals surface area contributed by atoms with Crippen molar-refractivity contribution in [1.82, 2.24) is 5.32 Å². The highest BCUT2D eigenvalue weighted by Gasteiger charge is 2.12. The Bertz CT molecular complexity index is 542. The fraction of sp³-hybridized carbons (Fsp3) is 0.250. The Morgan fingerprint density at radius 2 is 1.79 bits per heavy atom. The molecule has 0 aromatic heterocycles. The van der Waals surface area contributed by atoms with Crippen LogP contribution in [0.25, 0.3) is 0 Å². The molecular weight excluding hydrogens is 258 g/mol. The van der Waals surface area contributed by atoms with E-state index < -0.39 is 0 Å². The predicted octanol–water partition coefficient (Wildman–Crippen LogP) is 4.29. The Hall–Kier alpha value is -1.51. The third-order valence-electron chi connectivity index (χ3n) is 3.22. The van der Waals surface area contributed by atoms with Crippen molar-refractivity contribution in [3.8, 4) is 5.75 Å². The van der Waals surface area contributed by atoms with E-state index >= 15 is 0 Å². The number of rotatable bonds is 5. The Morgan fingerprint density at radius 3 is 2.47 bits per heavy atom. The average Bonchev–Trinajstić information content (AvgIpc) is 2.43. The molecule has 0 fully saturated rings. The number of para-hydroxylation sites is 1. The quantitative estimate of drug-likeness (QED) is 0.853. The monoisotopic (exact) mass is 275 g/mol. The highest BCUT2D eigenvalue weighted by atomic mass is 35.5. The normalized spacial score (nSPS) is 12.3. The SMILES string of the molecule is CCC(NCc1ccccc1Cl)c1ccccc1O. The number of hydrogen-bond donors (Lipinski definition) is 2. The van der Waals surface area contributed by atoms with E-state index in [0.717, 1.165) is 22.6 Å². The van der Waals surface area contributed by atoms with Crippen LogP contribution in [0, 0.1) is 0 Å². The largest absolute Gasteiger partial charge is 0.508 e. The minimum absolute atomic E-state index is 0.123. The molecule has 0 bridgehead atoms. The zero-order valence-corrected chi connectivity index (χ0v) is 11.7. The first-order valence-electron chi connectivity index (χ1n) is 6.47. The fourth-order valence-electron chi connectivity index (χ4n) is 2.13. The van der Waals surface area contributed by atoms with Crippen molar-refractivity contribution in [3.63, 3.8) is 0 Å². The molecule has 100 valence electrons. The summed E-state index contributed by atoms with van der Waals surface area (Å²) in [5, 5.41) is 14.1. The van der Waals surface area contributed by atoms with Gasteiger partial charge in [-0.05, 0) is 24.1 Å². The topological polar surface area (TPSA) is 32.3 Å². The van der Waals surface area contributed by atoms with Crippen LogP contribution in [0.5, 0.6) is 5.75 Å². The summed E-state index contributed by atoms with van der Waals surface area (Å²) >= 11 is 6.14. The number of halogens is 1. The van der Waals surface area contributed by atoms with E-state index in [1.165, 1.54) is 0 Å². The summed E-state index contributed by atoms with van der Waals surface area (Å²) in [5.74, 6) is 0.334. The van der Waals surface area contributed by atoms with Crippen LogP contribution in [0.1, 0.15) is 30.5 Å². The molecule has 0 heterocycles. The molecule has 19 heavy (non-hydrogen) atoms. The summed E-state index contributed by atoms with van der Waals surface area (Å²) in [6, 6.07) is 15.4. The average molecular weight is 276 g/mol. The molecule has 0 aliphatic rings. The number of aromatic hydroxyl groups is 1. The van der Waals surface area contributed by atoms with Crippen molar-refractivity contribution in [1.29, 1.82) is 0 Å². The summed E-state index contributed by atoms with van der Waals surface area (Å²) in [4.78, 5) is 0. The summed E-state index contributed by atoms with van der Waals surface area (Å²) in [7, 11) is 0. The standard InChI is InChI=1S/C16H18ClNO/c1-2-15(13-8-4-6-10-16(13)19)18-11-12-7-3-5-9-14(12)17/h3-10,15,18-19H,2,11H2,1H3. The van der Waals surface area contributed by atoms with Crippen LogP contribution in [-0.2, 0) is 6.54 Å². The van der Waals surface area contributed by atoms with Crippen molar-refractivity contribution in [2.24, 2.45) is 0 Å². The van der Waals surface area contributed by atoms with Gasteiger partial charge in [0.15, 0.2) is 0 Å². The van der Waals surface area contributed by atoms with Crippen LogP contribution in [0.15, 0.2) is 48.5 Å². The van der Waals surface area contributed by atoms with Crippen molar-refractivity contribution in [3.05, 3.63) is 64.7 Å². The van der Waals surface area contributed by atoms with E-state index in [0.29, 0.717) is 12.3 Å². The summed E-state index contributed by atoms with van der Waals surface area (Å²) < 4.78 is 0. The second kappa shape index (κ2) is 6.60. The molecule has 1 atom stereocenters. The Labute approximate surface area is 119 Å². The molecule has 0 aliphatic heterocycles. The summed E-state index contributed by atoms with van der Waals surface area (Å²) in [6.45, 7) is 2.78. The maximum absolute atomic E-state index is 9.90. The number of nitrogens with one attached hydrogen (secondary N) is 1. The van der Waals surface area contributed by atoms with Gasteiger partial charge in [0.2, 0.25) is 0 Å². The maximum atomic E-state index is 9.90. The van der Waals surface area contributed by atoms with Gasteiger partial charge in [0.1, 0.15) is 5.75 Å². The molecule has 2 aromatic rings. The van der Waals surface area contributed by atoms with Crippen molar-refractivity contribution < 1.29 is 5.11 Å². The first kappa shape index (κ1) is 13.9. The molecule has 2 nitrogen and oxygen atoms in total. The molecule has 1 unspecified atom stereocenters. The molecule has 0 amide bonds. The van der Waals surface area contributed by atoms with Gasteiger partial charge in [0.25, 0.3) is 0 Å². The van der Waals surface area contributed by atoms with E-state index in [-0.39, 0.29) is 6.04 Å². The second-order valence-corrected chi connectivity index (χ2v) is 4.90. The van der Waals surface area contributed by atoms with Gasteiger partial charge in [-0.15, -0.1) is 0 Å². The van der Waals surface area contributed by atoms with Crippen LogP contribution in [0.4, 0.5) is 0 Å². The second-order valence-electron chi connectivity index (χ2n) is 4.49. The molecule has 2 rings (SSSR count). The van der Waals surface area contributed by atoms with E-state index in [1.54, 1.807) is 6.07 Å². The molecular formula is C16H18ClNO. The van der Waals surface area contributed by atoms with Gasteiger partial charge in [-0.2, -0.15) is 0 Å². The molecule has 0 saturated heterocycles. The molecule has 2 N–H and O–H groups in total. The van der Waals surface area contributed by atoms with Crippen LogP contribution in [0.2, 0.25) is 5.02 Å². The molecule has 3 heteroatoms. The van der Waals surface area contributed by atoms with Gasteiger partial charge in [0.05, 0.1) is 0 Å². The highest BCUT2D eigenvalue weighted by molar-refractivity contribution is 6.31. The first-order valence-corrected chi connectivity index (χ1v) is 6.85. The van der Waals surface area contributed by atoms with E-state index in [9.17, 15) is 5.11 Å². The molecule has 2 aromatic carbocycles. The zero-order valence-electron chi connectivity index (χ0n) is 10.9. The first-order chi connectivity index (χ1) is 9.22. The predicted molar refractivity (Wildman–Crippen MR) is 79.4 cm³/mol. The summed E-state index contributed by atoms with van der Waals surface area (Å²) in [6.07, 6.45) is 0.905. The Balaban J connectivity index is 2.09. The molecule has 0 radical (unpaired) electrons. The van der Waals surface area contributed by atoms with Gasteiger partial charge < -0.3 is 10.4 Å². The number of phenolic OH excluding ortho intramolecular Hbond substituents is 1. The third kappa shape index (κ3) is 3.49. The number of phenols is 1. The lowest BCUT2D eigenvalue weighted by atomic mass is 10.0. The lowest BCUT2D eigenvalue weighted by Crippen LogP contribution is -2.20. The number of hydrogen-bond acceptors (Lipinski definition) is 2. The number of benzene rings is 2. The van der Waals surface area contributed by atoms with Gasteiger partial charge in [-0.25, -0.2) is 0 Å². The Kier molecular flexibility index (Phi) is 4.83. The van der Waals surface area contributed by atoms with Gasteiger partial charge in [0, 0.05) is 23.2 Å². The van der Waals surface area contributed by atoms with E-state index in [1.807, 2.05) is 42.5 Å². The summed E-state index contributed by atoms with van der Waals surface area (Å²) in [5.41, 5.74) is 2.00. The minimum atomic E-state index is 0.123. The van der Waals surface area contributed by atoms with Crippen molar-refractivity contribution in [2.75, 3.05) is 0 Å². The van der Waals surface area contributed by atoms with Crippen molar-refractivity contribution >= 4 is 11.6 Å². The molecule has 0 spiro atoms. The minimum Gasteiger partial charge on any atom is -0.508 e. The third-order valence-corrected chi connectivity index (χ3v) is 3.59. The molecule has 0 saturated carbocycles. The smallest absolute Gasteiger partial charge is 0.120 e. The van der Waals surface area contributed by atoms with Gasteiger partial charge >= 0.3 is 0 Å². The van der Waals surface area contributed by atoms with E-state index in [2.05, 4.69) is 12.2 Å². The fourth-order valence-corrected chi connectivity index (χ4v) is 2.33. The van der Waals surface area contributed by atoms with Crippen LogP contribution >= 0.6 is 11.6 Å². The lowest BCUT2D eigenvalue weighted by Gasteiger charge is -2.19. The maximum Gasteiger partial charge on any atom is 0.120 e. The van der Waals surface area contributed by atoms with E-state index in [4.69, 9.17) is 11.6 Å². The van der Waals surface area contributed by atoms with Gasteiger partial charge in [-0.1, -0.05) is 54.9 Å². The van der Waals surface area contributed by atoms with Gasteiger partial charge in [-0.3, -0.25) is 0 Å². The van der Waals surface area contributed by atoms with Crippen LogP contribution < -0.4 is 5.32 Å². The lowest BCUT2D eigenvalue weighted by molar-refractivity contribution is 0.441. The van der Waals surface area contributed by atoms with Crippen LogP contribution in [-0.4, -0.2) is 5.11 Å². The molecule has 0 aliphatic carbocycles. The van der Waals surface area contributed by atoms with Crippen LogP contribution in [0.3, 0.4) is 0 Å². The highest BCUT2D eigenvalue weighted by Crippen LogP contribution is 2.26.